The summed E-state index contributed by atoms with van der Waals surface area (Å²) >= 11 is 9.24. The minimum Gasteiger partial charge on any atom is -0.357 e. The monoisotopic (exact) mass is 295 g/mol. The maximum Gasteiger partial charge on any atom is 0.184 e. The molecule has 0 saturated carbocycles. The van der Waals surface area contributed by atoms with Gasteiger partial charge >= 0.3 is 0 Å². The van der Waals surface area contributed by atoms with Crippen LogP contribution in [0.2, 0.25) is 5.02 Å². The van der Waals surface area contributed by atoms with E-state index in [0.717, 1.165) is 32.6 Å². The second-order valence-electron chi connectivity index (χ2n) is 3.85. The Balaban J connectivity index is 1.81. The number of halogens is 1. The SMILES string of the molecule is Cc1ncsc1CNc1nc2cc(Cl)ccc2s1. The summed E-state index contributed by atoms with van der Waals surface area (Å²) in [7, 11) is 0. The van der Waals surface area contributed by atoms with Crippen LogP contribution in [-0.4, -0.2) is 9.97 Å². The van der Waals surface area contributed by atoms with Gasteiger partial charge in [-0.05, 0) is 25.1 Å². The molecule has 0 bridgehead atoms. The number of nitrogens with one attached hydrogen (secondary N) is 1. The lowest BCUT2D eigenvalue weighted by molar-refractivity contribution is 1.12. The number of nitrogens with zero attached hydrogens (tertiary/aromatic N) is 2. The van der Waals surface area contributed by atoms with Crippen LogP contribution in [0.1, 0.15) is 10.6 Å². The van der Waals surface area contributed by atoms with E-state index in [-0.39, 0.29) is 0 Å². The van der Waals surface area contributed by atoms with Gasteiger partial charge < -0.3 is 5.32 Å². The number of hydrogen-bond acceptors (Lipinski definition) is 5. The summed E-state index contributed by atoms with van der Waals surface area (Å²) in [6.07, 6.45) is 0. The van der Waals surface area contributed by atoms with Gasteiger partial charge in [0.2, 0.25) is 0 Å². The molecule has 0 unspecified atom stereocenters. The third kappa shape index (κ3) is 2.34. The van der Waals surface area contributed by atoms with Crippen LogP contribution in [0.5, 0.6) is 0 Å². The maximum atomic E-state index is 5.94. The second-order valence-corrected chi connectivity index (χ2v) is 6.25. The van der Waals surface area contributed by atoms with Crippen LogP contribution in [0.15, 0.2) is 23.7 Å². The summed E-state index contributed by atoms with van der Waals surface area (Å²) < 4.78 is 1.14. The van der Waals surface area contributed by atoms with Crippen molar-refractivity contribution >= 4 is 49.6 Å². The normalized spacial score (nSPS) is 11.0. The molecule has 0 saturated heterocycles. The van der Waals surface area contributed by atoms with Crippen LogP contribution in [-0.2, 0) is 6.54 Å². The summed E-state index contributed by atoms with van der Waals surface area (Å²) in [5.41, 5.74) is 3.89. The number of thiazole rings is 2. The Hall–Kier alpha value is -1.17. The zero-order valence-electron chi connectivity index (χ0n) is 9.61. The molecule has 18 heavy (non-hydrogen) atoms. The summed E-state index contributed by atoms with van der Waals surface area (Å²) in [5.74, 6) is 0. The van der Waals surface area contributed by atoms with Crippen LogP contribution < -0.4 is 5.32 Å². The van der Waals surface area contributed by atoms with Crippen molar-refractivity contribution in [2.45, 2.75) is 13.5 Å². The molecule has 3 aromatic rings. The summed E-state index contributed by atoms with van der Waals surface area (Å²) in [4.78, 5) is 9.98. The average Bonchev–Trinajstić information content (AvgIpc) is 2.92. The third-order valence-electron chi connectivity index (χ3n) is 2.59. The Morgan fingerprint density at radius 3 is 3.06 bits per heavy atom. The molecule has 0 radical (unpaired) electrons. The first kappa shape index (κ1) is 11.9. The highest BCUT2D eigenvalue weighted by Crippen LogP contribution is 2.28. The largest absolute Gasteiger partial charge is 0.357 e. The highest BCUT2D eigenvalue weighted by atomic mass is 35.5. The van der Waals surface area contributed by atoms with E-state index >= 15 is 0 Å². The van der Waals surface area contributed by atoms with Gasteiger partial charge in [0, 0.05) is 9.90 Å². The molecule has 92 valence electrons. The van der Waals surface area contributed by atoms with Crippen LogP contribution in [0.3, 0.4) is 0 Å². The van der Waals surface area contributed by atoms with E-state index in [9.17, 15) is 0 Å². The average molecular weight is 296 g/mol. The molecule has 0 amide bonds. The fourth-order valence-corrected chi connectivity index (χ4v) is 3.35. The molecule has 0 aliphatic carbocycles. The van der Waals surface area contributed by atoms with Crippen LogP contribution >= 0.6 is 34.3 Å². The smallest absolute Gasteiger partial charge is 0.184 e. The molecule has 2 aromatic heterocycles. The van der Waals surface area contributed by atoms with Crippen molar-refractivity contribution < 1.29 is 0 Å². The molecule has 6 heteroatoms. The van der Waals surface area contributed by atoms with E-state index in [0.29, 0.717) is 0 Å². The van der Waals surface area contributed by atoms with Gasteiger partial charge in [-0.1, -0.05) is 22.9 Å². The number of anilines is 1. The van der Waals surface area contributed by atoms with Gasteiger partial charge in [0.25, 0.3) is 0 Å². The van der Waals surface area contributed by atoms with Gasteiger partial charge in [-0.25, -0.2) is 9.97 Å². The number of hydrogen-bond donors (Lipinski definition) is 1. The van der Waals surface area contributed by atoms with E-state index in [1.165, 1.54) is 4.88 Å². The Bertz CT molecular complexity index is 690. The molecule has 3 rings (SSSR count). The topological polar surface area (TPSA) is 37.8 Å². The number of aryl methyl sites for hydroxylation is 1. The van der Waals surface area contributed by atoms with E-state index in [4.69, 9.17) is 11.6 Å². The van der Waals surface area contributed by atoms with Crippen molar-refractivity contribution in [2.75, 3.05) is 5.32 Å². The highest BCUT2D eigenvalue weighted by molar-refractivity contribution is 7.22. The molecule has 0 aliphatic heterocycles. The van der Waals surface area contributed by atoms with Crippen molar-refractivity contribution in [3.63, 3.8) is 0 Å². The molecule has 0 atom stereocenters. The molecule has 1 aromatic carbocycles. The Morgan fingerprint density at radius 2 is 2.28 bits per heavy atom. The molecule has 0 aliphatic rings. The number of rotatable bonds is 3. The third-order valence-corrected chi connectivity index (χ3v) is 4.76. The van der Waals surface area contributed by atoms with E-state index in [1.807, 2.05) is 30.6 Å². The molecule has 2 heterocycles. The van der Waals surface area contributed by atoms with Crippen molar-refractivity contribution in [2.24, 2.45) is 0 Å². The second kappa shape index (κ2) is 4.84. The standard InChI is InChI=1S/C12H10ClN3S2/c1-7-11(17-6-15-7)5-14-12-16-9-4-8(13)2-3-10(9)18-12/h2-4,6H,5H2,1H3,(H,14,16). The first-order valence-electron chi connectivity index (χ1n) is 5.41. The van der Waals surface area contributed by atoms with Crippen molar-refractivity contribution in [3.05, 3.63) is 39.3 Å². The molecular formula is C12H10ClN3S2. The lowest BCUT2D eigenvalue weighted by atomic mass is 10.3. The van der Waals surface area contributed by atoms with Crippen LogP contribution in [0.25, 0.3) is 10.2 Å². The fourth-order valence-electron chi connectivity index (χ4n) is 1.63. The number of benzene rings is 1. The maximum absolute atomic E-state index is 5.94. The minimum atomic E-state index is 0.720. The lowest BCUT2D eigenvalue weighted by Gasteiger charge is -1.99. The lowest BCUT2D eigenvalue weighted by Crippen LogP contribution is -1.98. The number of fused-ring (bicyclic) bond motifs is 1. The van der Waals surface area contributed by atoms with Crippen molar-refractivity contribution in [1.82, 2.24) is 9.97 Å². The van der Waals surface area contributed by atoms with Gasteiger partial charge in [-0.2, -0.15) is 0 Å². The van der Waals surface area contributed by atoms with E-state index in [1.54, 1.807) is 22.7 Å². The molecule has 0 fully saturated rings. The molecule has 3 nitrogen and oxygen atoms in total. The fraction of sp³-hybridized carbons (Fsp3) is 0.167. The quantitative estimate of drug-likeness (QED) is 0.781. The van der Waals surface area contributed by atoms with Gasteiger partial charge in [0.05, 0.1) is 28.0 Å². The molecule has 0 spiro atoms. The predicted octanol–water partition coefficient (Wildman–Crippen LogP) is 4.33. The molecular weight excluding hydrogens is 286 g/mol. The summed E-state index contributed by atoms with van der Waals surface area (Å²) in [6, 6.07) is 5.77. The van der Waals surface area contributed by atoms with Crippen LogP contribution in [0, 0.1) is 6.92 Å². The minimum absolute atomic E-state index is 0.720. The van der Waals surface area contributed by atoms with Crippen molar-refractivity contribution in [3.8, 4) is 0 Å². The zero-order chi connectivity index (χ0) is 12.5. The molecule has 1 N–H and O–H groups in total. The summed E-state index contributed by atoms with van der Waals surface area (Å²) in [5, 5.41) is 4.97. The van der Waals surface area contributed by atoms with Crippen molar-refractivity contribution in [1.29, 1.82) is 0 Å². The number of aromatic nitrogens is 2. The van der Waals surface area contributed by atoms with Gasteiger partial charge in [-0.3, -0.25) is 0 Å². The Kier molecular flexibility index (Phi) is 3.20. The van der Waals surface area contributed by atoms with Gasteiger partial charge in [-0.15, -0.1) is 11.3 Å². The Morgan fingerprint density at radius 1 is 1.39 bits per heavy atom. The van der Waals surface area contributed by atoms with Gasteiger partial charge in [0.1, 0.15) is 0 Å². The van der Waals surface area contributed by atoms with E-state index < -0.39 is 0 Å². The summed E-state index contributed by atoms with van der Waals surface area (Å²) in [6.45, 7) is 2.79. The first-order chi connectivity index (χ1) is 8.72. The van der Waals surface area contributed by atoms with Crippen LogP contribution in [0.4, 0.5) is 5.13 Å². The zero-order valence-corrected chi connectivity index (χ0v) is 12.0. The van der Waals surface area contributed by atoms with Gasteiger partial charge in [0.15, 0.2) is 5.13 Å². The van der Waals surface area contributed by atoms with E-state index in [2.05, 4.69) is 15.3 Å². The Labute approximate surface area is 117 Å². The first-order valence-corrected chi connectivity index (χ1v) is 7.49. The highest BCUT2D eigenvalue weighted by Gasteiger charge is 2.06. The predicted molar refractivity (Wildman–Crippen MR) is 78.8 cm³/mol.